The molecule has 0 radical (unpaired) electrons. The van der Waals surface area contributed by atoms with Crippen LogP contribution in [0.1, 0.15) is 55.2 Å². The van der Waals surface area contributed by atoms with Crippen molar-refractivity contribution in [3.8, 4) is 0 Å². The second-order valence-electron chi connectivity index (χ2n) is 12.3. The van der Waals surface area contributed by atoms with Crippen LogP contribution < -0.4 is 5.32 Å². The number of piperidine rings is 1. The van der Waals surface area contributed by atoms with Gasteiger partial charge in [0.1, 0.15) is 11.6 Å². The summed E-state index contributed by atoms with van der Waals surface area (Å²) < 4.78 is 0. The van der Waals surface area contributed by atoms with Crippen molar-refractivity contribution in [2.75, 3.05) is 26.2 Å². The van der Waals surface area contributed by atoms with Gasteiger partial charge in [-0.3, -0.25) is 9.59 Å². The molecule has 6 nitrogen and oxygen atoms in total. The normalized spacial score (nSPS) is 18.8. The van der Waals surface area contributed by atoms with Gasteiger partial charge in [0.15, 0.2) is 0 Å². The van der Waals surface area contributed by atoms with Crippen molar-refractivity contribution in [1.82, 2.24) is 20.1 Å². The van der Waals surface area contributed by atoms with E-state index in [1.165, 1.54) is 42.2 Å². The Hall–Kier alpha value is -3.90. The summed E-state index contributed by atoms with van der Waals surface area (Å²) in [4.78, 5) is 35.9. The summed E-state index contributed by atoms with van der Waals surface area (Å²) in [7, 11) is 0. The average Bonchev–Trinajstić information content (AvgIpc) is 3.46. The van der Waals surface area contributed by atoms with Crippen molar-refractivity contribution in [1.29, 1.82) is 0 Å². The van der Waals surface area contributed by atoms with Gasteiger partial charge in [-0.25, -0.2) is 0 Å². The maximum atomic E-state index is 14.1. The van der Waals surface area contributed by atoms with E-state index in [2.05, 4.69) is 69.9 Å². The Kier molecular flexibility index (Phi) is 9.23. The molecule has 1 atom stereocenters. The van der Waals surface area contributed by atoms with E-state index < -0.39 is 11.6 Å². The molecule has 3 aromatic carbocycles. The number of para-hydroxylation sites is 1. The third-order valence-electron chi connectivity index (χ3n) is 9.59. The molecule has 43 heavy (non-hydrogen) atoms. The van der Waals surface area contributed by atoms with Gasteiger partial charge in [-0.05, 0) is 67.8 Å². The van der Waals surface area contributed by atoms with E-state index in [9.17, 15) is 9.59 Å². The molecule has 0 aliphatic carbocycles. The number of rotatable bonds is 12. The molecule has 2 aliphatic heterocycles. The Morgan fingerprint density at radius 1 is 0.721 bits per heavy atom. The number of amides is 2. The van der Waals surface area contributed by atoms with Crippen molar-refractivity contribution in [3.05, 3.63) is 108 Å². The first-order valence-electron chi connectivity index (χ1n) is 16.1. The molecule has 4 aromatic rings. The zero-order valence-electron chi connectivity index (χ0n) is 25.1. The summed E-state index contributed by atoms with van der Waals surface area (Å²) in [6.07, 6.45) is 10.7. The molecule has 2 amide bonds. The molecular formula is C37H44N4O2. The summed E-state index contributed by atoms with van der Waals surface area (Å²) in [5.41, 5.74) is 4.00. The van der Waals surface area contributed by atoms with E-state index >= 15 is 0 Å². The maximum absolute atomic E-state index is 14.1. The molecule has 3 heterocycles. The topological polar surface area (TPSA) is 68.4 Å². The number of unbranched alkanes of at least 4 members (excludes halogenated alkanes) is 3. The molecular weight excluding hydrogens is 532 g/mol. The number of piperazine rings is 1. The molecule has 0 bridgehead atoms. The summed E-state index contributed by atoms with van der Waals surface area (Å²) in [6.45, 7) is 3.29. The SMILES string of the molecule is O=C1C(Cc2ccccc2)NC(=O)C2(CCN(CCCCCCc3ccccc3)CC2)N1CCc1c[nH]c2ccccc12. The summed E-state index contributed by atoms with van der Waals surface area (Å²) in [5.74, 6) is 0.0719. The fraction of sp³-hybridized carbons (Fsp3) is 0.405. The van der Waals surface area contributed by atoms with Gasteiger partial charge < -0.3 is 20.1 Å². The van der Waals surface area contributed by atoms with Crippen LogP contribution in [-0.2, 0) is 28.9 Å². The number of carbonyl (C=O) groups is 2. The van der Waals surface area contributed by atoms with Gasteiger partial charge in [-0.1, -0.05) is 91.7 Å². The third kappa shape index (κ3) is 6.70. The molecule has 1 aromatic heterocycles. The minimum absolute atomic E-state index is 0.0209. The van der Waals surface area contributed by atoms with Crippen LogP contribution in [0.15, 0.2) is 91.1 Å². The van der Waals surface area contributed by atoms with E-state index in [0.29, 0.717) is 25.8 Å². The summed E-state index contributed by atoms with van der Waals surface area (Å²) >= 11 is 0. The zero-order valence-corrected chi connectivity index (χ0v) is 25.1. The van der Waals surface area contributed by atoms with Gasteiger partial charge in [0.2, 0.25) is 11.8 Å². The standard InChI is InChI=1S/C37H44N4O2/c42-35-34(27-30-16-8-4-9-17-30)39-36(43)37(41(35)24-20-31-28-38-33-19-11-10-18-32(31)33)21-25-40(26-22-37)23-12-2-1-5-13-29-14-6-3-7-15-29/h3-4,6-11,14-19,28,34,38H,1-2,5,12-13,20-27H2,(H,39,43). The lowest BCUT2D eigenvalue weighted by atomic mass is 9.80. The molecule has 1 unspecified atom stereocenters. The minimum Gasteiger partial charge on any atom is -0.361 e. The molecule has 224 valence electrons. The maximum Gasteiger partial charge on any atom is 0.246 e. The van der Waals surface area contributed by atoms with Crippen LogP contribution in [0.5, 0.6) is 0 Å². The first-order chi connectivity index (χ1) is 21.1. The van der Waals surface area contributed by atoms with E-state index in [1.54, 1.807) is 0 Å². The first kappa shape index (κ1) is 29.2. The van der Waals surface area contributed by atoms with Crippen LogP contribution in [-0.4, -0.2) is 64.4 Å². The van der Waals surface area contributed by atoms with E-state index in [-0.39, 0.29) is 11.8 Å². The number of hydrogen-bond donors (Lipinski definition) is 2. The van der Waals surface area contributed by atoms with Crippen LogP contribution in [0.25, 0.3) is 10.9 Å². The van der Waals surface area contributed by atoms with E-state index in [0.717, 1.165) is 43.6 Å². The molecule has 2 aliphatic rings. The number of hydrogen-bond acceptors (Lipinski definition) is 3. The van der Waals surface area contributed by atoms with Crippen molar-refractivity contribution in [2.45, 2.75) is 69.4 Å². The van der Waals surface area contributed by atoms with Gasteiger partial charge >= 0.3 is 0 Å². The second-order valence-corrected chi connectivity index (χ2v) is 12.3. The van der Waals surface area contributed by atoms with Crippen LogP contribution in [0.4, 0.5) is 0 Å². The van der Waals surface area contributed by atoms with Gasteiger partial charge in [0.25, 0.3) is 0 Å². The lowest BCUT2D eigenvalue weighted by molar-refractivity contribution is -0.161. The number of nitrogens with zero attached hydrogens (tertiary/aromatic N) is 2. The lowest BCUT2D eigenvalue weighted by Crippen LogP contribution is -2.73. The Morgan fingerprint density at radius 2 is 1.40 bits per heavy atom. The van der Waals surface area contributed by atoms with Crippen molar-refractivity contribution in [3.63, 3.8) is 0 Å². The lowest BCUT2D eigenvalue weighted by Gasteiger charge is -2.51. The number of aromatic amines is 1. The molecule has 2 saturated heterocycles. The molecule has 2 N–H and O–H groups in total. The predicted molar refractivity (Wildman–Crippen MR) is 173 cm³/mol. The highest BCUT2D eigenvalue weighted by Crippen LogP contribution is 2.34. The fourth-order valence-electron chi connectivity index (χ4n) is 7.07. The number of H-pyrrole nitrogens is 1. The molecule has 6 heteroatoms. The fourth-order valence-corrected chi connectivity index (χ4v) is 7.07. The largest absolute Gasteiger partial charge is 0.361 e. The predicted octanol–water partition coefficient (Wildman–Crippen LogP) is 5.92. The van der Waals surface area contributed by atoms with Crippen molar-refractivity contribution in [2.24, 2.45) is 0 Å². The molecule has 6 rings (SSSR count). The van der Waals surface area contributed by atoms with Crippen LogP contribution >= 0.6 is 0 Å². The Morgan fingerprint density at radius 3 is 2.16 bits per heavy atom. The summed E-state index contributed by atoms with van der Waals surface area (Å²) in [6, 6.07) is 28.5. The van der Waals surface area contributed by atoms with Crippen molar-refractivity contribution < 1.29 is 9.59 Å². The van der Waals surface area contributed by atoms with Gasteiger partial charge in [0.05, 0.1) is 0 Å². The molecule has 2 fully saturated rings. The van der Waals surface area contributed by atoms with Gasteiger partial charge in [0, 0.05) is 43.2 Å². The smallest absolute Gasteiger partial charge is 0.246 e. The highest BCUT2D eigenvalue weighted by Gasteiger charge is 2.53. The van der Waals surface area contributed by atoms with Crippen LogP contribution in [0.3, 0.4) is 0 Å². The molecule has 1 spiro atoms. The zero-order chi connectivity index (χ0) is 29.5. The number of carbonyl (C=O) groups excluding carboxylic acids is 2. The number of aryl methyl sites for hydroxylation is 1. The van der Waals surface area contributed by atoms with Gasteiger partial charge in [-0.2, -0.15) is 0 Å². The number of benzene rings is 3. The highest BCUT2D eigenvalue weighted by molar-refractivity contribution is 6.00. The van der Waals surface area contributed by atoms with E-state index in [4.69, 9.17) is 0 Å². The third-order valence-corrected chi connectivity index (χ3v) is 9.59. The second kappa shape index (κ2) is 13.6. The van der Waals surface area contributed by atoms with Gasteiger partial charge in [-0.15, -0.1) is 0 Å². The monoisotopic (exact) mass is 576 g/mol. The van der Waals surface area contributed by atoms with E-state index in [1.807, 2.05) is 41.3 Å². The number of fused-ring (bicyclic) bond motifs is 1. The Bertz CT molecular complexity index is 1490. The number of likely N-dealkylation sites (tertiary alicyclic amines) is 1. The first-order valence-corrected chi connectivity index (χ1v) is 16.1. The number of aromatic nitrogens is 1. The van der Waals surface area contributed by atoms with Crippen LogP contribution in [0, 0.1) is 0 Å². The van der Waals surface area contributed by atoms with Crippen molar-refractivity contribution >= 4 is 22.7 Å². The molecule has 0 saturated carbocycles. The minimum atomic E-state index is -0.775. The number of nitrogens with one attached hydrogen (secondary N) is 2. The Labute approximate surface area is 255 Å². The quantitative estimate of drug-likeness (QED) is 0.206. The van der Waals surface area contributed by atoms with Crippen LogP contribution in [0.2, 0.25) is 0 Å². The highest BCUT2D eigenvalue weighted by atomic mass is 16.2. The average molecular weight is 577 g/mol. The Balaban J connectivity index is 1.08. The summed E-state index contributed by atoms with van der Waals surface area (Å²) in [5, 5.41) is 4.35.